The highest BCUT2D eigenvalue weighted by molar-refractivity contribution is 5.21. The molecule has 0 unspecified atom stereocenters. The molecule has 0 saturated carbocycles. The summed E-state index contributed by atoms with van der Waals surface area (Å²) in [4.78, 5) is 0. The first-order valence-electron chi connectivity index (χ1n) is 5.18. The van der Waals surface area contributed by atoms with Crippen molar-refractivity contribution in [1.29, 1.82) is 5.26 Å². The second kappa shape index (κ2) is 4.41. The molecule has 1 N–H and O–H groups in total. The summed E-state index contributed by atoms with van der Waals surface area (Å²) in [6.45, 7) is 0.861. The summed E-state index contributed by atoms with van der Waals surface area (Å²) in [5.74, 6) is -0.0901. The quantitative estimate of drug-likeness (QED) is 0.762. The Morgan fingerprint density at radius 2 is 2.07 bits per heavy atom. The first-order valence-corrected chi connectivity index (χ1v) is 5.18. The molecule has 0 aliphatic carbocycles. The Hall–Kier alpha value is -1.40. The van der Waals surface area contributed by atoms with Crippen molar-refractivity contribution in [3.8, 4) is 6.07 Å². The molecule has 3 heteroatoms. The van der Waals surface area contributed by atoms with E-state index in [0.29, 0.717) is 0 Å². The summed E-state index contributed by atoms with van der Waals surface area (Å²) in [6.07, 6.45) is 1.73. The Balaban J connectivity index is 2.10. The number of nitriles is 1. The third-order valence-electron chi connectivity index (χ3n) is 2.86. The van der Waals surface area contributed by atoms with E-state index < -0.39 is 0 Å². The molecule has 78 valence electrons. The molecule has 15 heavy (non-hydrogen) atoms. The molecule has 0 amide bonds. The Kier molecular flexibility index (Phi) is 2.98. The number of nitrogens with zero attached hydrogens (tertiary/aromatic N) is 1. The maximum atomic E-state index is 12.7. The number of benzene rings is 1. The van der Waals surface area contributed by atoms with E-state index in [2.05, 4.69) is 11.4 Å². The van der Waals surface area contributed by atoms with Crippen molar-refractivity contribution < 1.29 is 4.39 Å². The van der Waals surface area contributed by atoms with Gasteiger partial charge in [0.05, 0.1) is 6.07 Å². The smallest absolute Gasteiger partial charge is 0.123 e. The zero-order chi connectivity index (χ0) is 10.7. The van der Waals surface area contributed by atoms with Gasteiger partial charge >= 0.3 is 0 Å². The van der Waals surface area contributed by atoms with Crippen molar-refractivity contribution in [2.75, 3.05) is 6.54 Å². The fourth-order valence-electron chi connectivity index (χ4n) is 1.98. The molecule has 0 bridgehead atoms. The molecule has 0 spiro atoms. The molecule has 1 fully saturated rings. The zero-order valence-electron chi connectivity index (χ0n) is 8.41. The number of nitrogens with one attached hydrogen (secondary N) is 1. The molecule has 2 atom stereocenters. The van der Waals surface area contributed by atoms with Crippen molar-refractivity contribution in [3.05, 3.63) is 35.6 Å². The predicted octanol–water partition coefficient (Wildman–Crippen LogP) is 2.39. The van der Waals surface area contributed by atoms with Gasteiger partial charge in [0, 0.05) is 12.0 Å². The molecular weight excluding hydrogens is 191 g/mol. The van der Waals surface area contributed by atoms with Gasteiger partial charge in [0.25, 0.3) is 0 Å². The van der Waals surface area contributed by atoms with Crippen LogP contribution in [-0.2, 0) is 0 Å². The van der Waals surface area contributed by atoms with Crippen LogP contribution in [0.4, 0.5) is 4.39 Å². The summed E-state index contributed by atoms with van der Waals surface area (Å²) in [6, 6.07) is 9.00. The summed E-state index contributed by atoms with van der Waals surface area (Å²) >= 11 is 0. The van der Waals surface area contributed by atoms with Crippen LogP contribution in [0.25, 0.3) is 0 Å². The highest BCUT2D eigenvalue weighted by atomic mass is 19.1. The number of rotatable bonds is 1. The number of halogens is 1. The van der Waals surface area contributed by atoms with E-state index in [1.807, 2.05) is 0 Å². The molecule has 0 radical (unpaired) electrons. The Labute approximate surface area is 88.7 Å². The van der Waals surface area contributed by atoms with Gasteiger partial charge in [-0.3, -0.25) is 0 Å². The van der Waals surface area contributed by atoms with Gasteiger partial charge in [-0.1, -0.05) is 12.1 Å². The number of hydrogen-bond donors (Lipinski definition) is 1. The number of piperidine rings is 1. The van der Waals surface area contributed by atoms with E-state index in [-0.39, 0.29) is 17.8 Å². The first-order chi connectivity index (χ1) is 7.29. The monoisotopic (exact) mass is 204 g/mol. The molecule has 1 heterocycles. The lowest BCUT2D eigenvalue weighted by molar-refractivity contribution is 0.356. The van der Waals surface area contributed by atoms with E-state index >= 15 is 0 Å². The second-order valence-corrected chi connectivity index (χ2v) is 3.91. The van der Waals surface area contributed by atoms with Crippen LogP contribution >= 0.6 is 0 Å². The van der Waals surface area contributed by atoms with Gasteiger partial charge in [-0.15, -0.1) is 0 Å². The van der Waals surface area contributed by atoms with Crippen LogP contribution in [0.5, 0.6) is 0 Å². The van der Waals surface area contributed by atoms with E-state index in [9.17, 15) is 4.39 Å². The van der Waals surface area contributed by atoms with Crippen molar-refractivity contribution in [2.24, 2.45) is 5.92 Å². The molecule has 1 aromatic rings. The Bertz CT molecular complexity index is 366. The lowest BCUT2D eigenvalue weighted by atomic mass is 9.90. The standard InChI is InChI=1S/C12H13FN2/c13-11-3-1-10(2-4-11)12-7-9(8-14)5-6-15-12/h1-4,9,12,15H,5-7H2/t9-,12+/m0/s1. The van der Waals surface area contributed by atoms with Gasteiger partial charge in [0.2, 0.25) is 0 Å². The van der Waals surface area contributed by atoms with Crippen molar-refractivity contribution in [2.45, 2.75) is 18.9 Å². The van der Waals surface area contributed by atoms with Crippen LogP contribution in [0.15, 0.2) is 24.3 Å². The second-order valence-electron chi connectivity index (χ2n) is 3.91. The van der Waals surface area contributed by atoms with Crippen LogP contribution in [0.3, 0.4) is 0 Å². The van der Waals surface area contributed by atoms with E-state index in [0.717, 1.165) is 24.9 Å². The minimum absolute atomic E-state index is 0.126. The maximum Gasteiger partial charge on any atom is 0.123 e. The lowest BCUT2D eigenvalue weighted by Crippen LogP contribution is -2.31. The summed E-state index contributed by atoms with van der Waals surface area (Å²) in [5.41, 5.74) is 1.07. The van der Waals surface area contributed by atoms with Gasteiger partial charge in [0.1, 0.15) is 5.82 Å². The minimum atomic E-state index is -0.216. The average Bonchev–Trinajstić information content (AvgIpc) is 2.30. The highest BCUT2D eigenvalue weighted by Crippen LogP contribution is 2.26. The van der Waals surface area contributed by atoms with Crippen LogP contribution in [0.1, 0.15) is 24.4 Å². The van der Waals surface area contributed by atoms with Gasteiger partial charge in [-0.2, -0.15) is 5.26 Å². The van der Waals surface area contributed by atoms with Crippen LogP contribution < -0.4 is 5.32 Å². The average molecular weight is 204 g/mol. The Morgan fingerprint density at radius 3 is 2.73 bits per heavy atom. The zero-order valence-corrected chi connectivity index (χ0v) is 8.41. The van der Waals surface area contributed by atoms with Gasteiger partial charge in [-0.05, 0) is 37.1 Å². The molecule has 1 aliphatic rings. The molecular formula is C12H13FN2. The van der Waals surface area contributed by atoms with Crippen LogP contribution in [0.2, 0.25) is 0 Å². The summed E-state index contributed by atoms with van der Waals surface area (Å²) in [5, 5.41) is 12.2. The van der Waals surface area contributed by atoms with Crippen molar-refractivity contribution >= 4 is 0 Å². The van der Waals surface area contributed by atoms with Crippen LogP contribution in [-0.4, -0.2) is 6.54 Å². The third-order valence-corrected chi connectivity index (χ3v) is 2.86. The molecule has 1 aromatic carbocycles. The molecule has 2 rings (SSSR count). The molecule has 1 aliphatic heterocycles. The van der Waals surface area contributed by atoms with Crippen LogP contribution in [0, 0.1) is 23.1 Å². The lowest BCUT2D eigenvalue weighted by Gasteiger charge is -2.27. The normalized spacial score (nSPS) is 25.9. The largest absolute Gasteiger partial charge is 0.310 e. The minimum Gasteiger partial charge on any atom is -0.310 e. The van der Waals surface area contributed by atoms with Gasteiger partial charge < -0.3 is 5.32 Å². The van der Waals surface area contributed by atoms with E-state index in [4.69, 9.17) is 5.26 Å². The number of hydrogen-bond acceptors (Lipinski definition) is 2. The van der Waals surface area contributed by atoms with Gasteiger partial charge in [0.15, 0.2) is 0 Å². The fraction of sp³-hybridized carbons (Fsp3) is 0.417. The van der Waals surface area contributed by atoms with Gasteiger partial charge in [-0.25, -0.2) is 4.39 Å². The molecule has 0 aromatic heterocycles. The van der Waals surface area contributed by atoms with Crippen molar-refractivity contribution in [1.82, 2.24) is 5.32 Å². The topological polar surface area (TPSA) is 35.8 Å². The maximum absolute atomic E-state index is 12.7. The first kappa shape index (κ1) is 10.1. The Morgan fingerprint density at radius 1 is 1.33 bits per heavy atom. The van der Waals surface area contributed by atoms with E-state index in [1.54, 1.807) is 12.1 Å². The fourth-order valence-corrected chi connectivity index (χ4v) is 1.98. The predicted molar refractivity (Wildman–Crippen MR) is 55.5 cm³/mol. The third kappa shape index (κ3) is 2.34. The SMILES string of the molecule is N#C[C@H]1CCN[C@@H](c2ccc(F)cc2)C1. The highest BCUT2D eigenvalue weighted by Gasteiger charge is 2.22. The molecule has 2 nitrogen and oxygen atoms in total. The molecule has 1 saturated heterocycles. The summed E-state index contributed by atoms with van der Waals surface area (Å²) in [7, 11) is 0. The van der Waals surface area contributed by atoms with E-state index in [1.165, 1.54) is 12.1 Å². The van der Waals surface area contributed by atoms with Crippen molar-refractivity contribution in [3.63, 3.8) is 0 Å². The summed E-state index contributed by atoms with van der Waals surface area (Å²) < 4.78 is 12.7.